The summed E-state index contributed by atoms with van der Waals surface area (Å²) in [6.07, 6.45) is 6.01. The quantitative estimate of drug-likeness (QED) is 0.750. The van der Waals surface area contributed by atoms with Crippen LogP contribution in [0.25, 0.3) is 0 Å². The normalized spacial score (nSPS) is 18.6. The summed E-state index contributed by atoms with van der Waals surface area (Å²) >= 11 is 0. The zero-order valence-electron chi connectivity index (χ0n) is 18.7. The van der Waals surface area contributed by atoms with Crippen molar-refractivity contribution in [2.24, 2.45) is 0 Å². The second kappa shape index (κ2) is 8.72. The fourth-order valence-corrected chi connectivity index (χ4v) is 4.78. The molecule has 5 nitrogen and oxygen atoms in total. The van der Waals surface area contributed by atoms with E-state index in [1.807, 2.05) is 24.5 Å². The van der Waals surface area contributed by atoms with Gasteiger partial charge in [0.2, 0.25) is 0 Å². The van der Waals surface area contributed by atoms with E-state index in [-0.39, 0.29) is 11.1 Å². The predicted octanol–water partition coefficient (Wildman–Crippen LogP) is 4.41. The van der Waals surface area contributed by atoms with Gasteiger partial charge < -0.3 is 14.8 Å². The highest BCUT2D eigenvalue weighted by Crippen LogP contribution is 2.34. The van der Waals surface area contributed by atoms with Crippen LogP contribution in [-0.2, 0) is 13.1 Å². The van der Waals surface area contributed by atoms with Crippen LogP contribution < -0.4 is 14.8 Å². The fourth-order valence-electron chi connectivity index (χ4n) is 4.78. The summed E-state index contributed by atoms with van der Waals surface area (Å²) in [5, 5.41) is 3.80. The van der Waals surface area contributed by atoms with Crippen LogP contribution >= 0.6 is 0 Å². The summed E-state index contributed by atoms with van der Waals surface area (Å²) in [6, 6.07) is 10.9. The molecular weight excluding hydrogens is 362 g/mol. The van der Waals surface area contributed by atoms with Crippen molar-refractivity contribution in [2.75, 3.05) is 14.2 Å². The Morgan fingerprint density at radius 2 is 1.62 bits per heavy atom. The maximum absolute atomic E-state index is 5.52. The Morgan fingerprint density at radius 3 is 2.21 bits per heavy atom. The Morgan fingerprint density at radius 1 is 0.966 bits per heavy atom. The van der Waals surface area contributed by atoms with Crippen LogP contribution in [0.3, 0.4) is 0 Å². The monoisotopic (exact) mass is 397 g/mol. The highest BCUT2D eigenvalue weighted by molar-refractivity contribution is 5.42. The highest BCUT2D eigenvalue weighted by atomic mass is 16.5. The van der Waals surface area contributed by atoms with Crippen molar-refractivity contribution in [1.82, 2.24) is 15.2 Å². The molecule has 1 aliphatic heterocycles. The maximum atomic E-state index is 5.52. The van der Waals surface area contributed by atoms with Gasteiger partial charge >= 0.3 is 0 Å². The minimum atomic E-state index is 0.0944. The molecule has 1 saturated heterocycles. The first-order chi connectivity index (χ1) is 13.7. The topological polar surface area (TPSA) is 46.6 Å². The number of hydrogen-bond donors (Lipinski definition) is 1. The van der Waals surface area contributed by atoms with Crippen molar-refractivity contribution >= 4 is 0 Å². The van der Waals surface area contributed by atoms with Gasteiger partial charge in [0.1, 0.15) is 0 Å². The molecule has 2 heterocycles. The molecule has 5 heteroatoms. The van der Waals surface area contributed by atoms with E-state index in [0.717, 1.165) is 37.4 Å². The number of pyridine rings is 1. The molecule has 0 bridgehead atoms. The van der Waals surface area contributed by atoms with Gasteiger partial charge in [0.05, 0.1) is 14.2 Å². The van der Waals surface area contributed by atoms with Gasteiger partial charge in [-0.1, -0.05) is 12.1 Å². The molecule has 2 aromatic rings. The molecule has 1 aromatic heterocycles. The van der Waals surface area contributed by atoms with Crippen LogP contribution in [0.15, 0.2) is 42.7 Å². The van der Waals surface area contributed by atoms with E-state index in [9.17, 15) is 0 Å². The molecule has 1 N–H and O–H groups in total. The lowest BCUT2D eigenvalue weighted by molar-refractivity contribution is 0.0562. The SMILES string of the molecule is COc1ccc(CN(Cc2cccnc2)C2CC(C)(C)NC(C)(C)C2)cc1OC. The average molecular weight is 398 g/mol. The van der Waals surface area contributed by atoms with Crippen molar-refractivity contribution in [3.05, 3.63) is 53.9 Å². The third-order valence-corrected chi connectivity index (χ3v) is 5.63. The fraction of sp³-hybridized carbons (Fsp3) is 0.542. The number of nitrogens with zero attached hydrogens (tertiary/aromatic N) is 2. The van der Waals surface area contributed by atoms with E-state index in [1.165, 1.54) is 11.1 Å². The molecule has 3 rings (SSSR count). The van der Waals surface area contributed by atoms with Crippen LogP contribution in [0.5, 0.6) is 11.5 Å². The third-order valence-electron chi connectivity index (χ3n) is 5.63. The summed E-state index contributed by atoms with van der Waals surface area (Å²) in [4.78, 5) is 6.91. The molecule has 0 atom stereocenters. The van der Waals surface area contributed by atoms with E-state index in [4.69, 9.17) is 9.47 Å². The summed E-state index contributed by atoms with van der Waals surface area (Å²) < 4.78 is 10.9. The minimum absolute atomic E-state index is 0.0944. The van der Waals surface area contributed by atoms with Crippen molar-refractivity contribution in [2.45, 2.75) is 70.7 Å². The van der Waals surface area contributed by atoms with Crippen molar-refractivity contribution < 1.29 is 9.47 Å². The molecule has 0 spiro atoms. The molecular formula is C24H35N3O2. The first kappa shape index (κ1) is 21.6. The molecule has 0 amide bonds. The van der Waals surface area contributed by atoms with Gasteiger partial charge in [-0.05, 0) is 69.9 Å². The molecule has 0 radical (unpaired) electrons. The molecule has 29 heavy (non-hydrogen) atoms. The maximum Gasteiger partial charge on any atom is 0.161 e. The summed E-state index contributed by atoms with van der Waals surface area (Å²) in [5.74, 6) is 1.54. The summed E-state index contributed by atoms with van der Waals surface area (Å²) in [5.41, 5.74) is 2.65. The standard InChI is InChI=1S/C24H35N3O2/c1-23(2)13-20(14-24(3,4)26-23)27(17-19-8-7-11-25-15-19)16-18-9-10-21(28-5)22(12-18)29-6/h7-12,15,20,26H,13-14,16-17H2,1-6H3. The lowest BCUT2D eigenvalue weighted by Crippen LogP contribution is -2.62. The molecule has 1 aliphatic rings. The molecule has 0 saturated carbocycles. The molecule has 158 valence electrons. The zero-order chi connectivity index (χ0) is 21.1. The van der Waals surface area contributed by atoms with E-state index in [0.29, 0.717) is 6.04 Å². The van der Waals surface area contributed by atoms with Gasteiger partial charge in [-0.3, -0.25) is 9.88 Å². The summed E-state index contributed by atoms with van der Waals surface area (Å²) in [7, 11) is 3.36. The van der Waals surface area contributed by atoms with E-state index in [1.54, 1.807) is 14.2 Å². The lowest BCUT2D eigenvalue weighted by Gasteiger charge is -2.49. The Labute approximate surface area is 175 Å². The molecule has 1 fully saturated rings. The van der Waals surface area contributed by atoms with Gasteiger partial charge in [-0.15, -0.1) is 0 Å². The molecule has 0 unspecified atom stereocenters. The Bertz CT molecular complexity index is 789. The smallest absolute Gasteiger partial charge is 0.161 e. The van der Waals surface area contributed by atoms with Crippen molar-refractivity contribution in [3.8, 4) is 11.5 Å². The van der Waals surface area contributed by atoms with E-state index >= 15 is 0 Å². The Kier molecular flexibility index (Phi) is 6.49. The predicted molar refractivity (Wildman–Crippen MR) is 117 cm³/mol. The Balaban J connectivity index is 1.89. The van der Waals surface area contributed by atoms with Crippen LogP contribution in [-0.4, -0.2) is 41.2 Å². The number of nitrogens with one attached hydrogen (secondary N) is 1. The van der Waals surface area contributed by atoms with Gasteiger partial charge in [0.15, 0.2) is 11.5 Å². The minimum Gasteiger partial charge on any atom is -0.493 e. The number of ether oxygens (including phenoxy) is 2. The number of rotatable bonds is 7. The van der Waals surface area contributed by atoms with Gasteiger partial charge in [-0.2, -0.15) is 0 Å². The van der Waals surface area contributed by atoms with Crippen LogP contribution in [0, 0.1) is 0 Å². The molecule has 1 aromatic carbocycles. The number of hydrogen-bond acceptors (Lipinski definition) is 5. The highest BCUT2D eigenvalue weighted by Gasteiger charge is 2.39. The summed E-state index contributed by atoms with van der Waals surface area (Å²) in [6.45, 7) is 10.9. The number of benzene rings is 1. The zero-order valence-corrected chi connectivity index (χ0v) is 18.7. The van der Waals surface area contributed by atoms with Crippen LogP contribution in [0.2, 0.25) is 0 Å². The van der Waals surface area contributed by atoms with Crippen LogP contribution in [0.4, 0.5) is 0 Å². The second-order valence-electron chi connectivity index (χ2n) is 9.41. The van der Waals surface area contributed by atoms with Gasteiger partial charge in [-0.25, -0.2) is 0 Å². The molecule has 0 aliphatic carbocycles. The van der Waals surface area contributed by atoms with E-state index < -0.39 is 0 Å². The number of piperidine rings is 1. The van der Waals surface area contributed by atoms with Crippen molar-refractivity contribution in [1.29, 1.82) is 0 Å². The second-order valence-corrected chi connectivity index (χ2v) is 9.41. The van der Waals surface area contributed by atoms with Gasteiger partial charge in [0, 0.05) is 42.6 Å². The van der Waals surface area contributed by atoms with Crippen LogP contribution in [0.1, 0.15) is 51.7 Å². The third kappa shape index (κ3) is 5.71. The van der Waals surface area contributed by atoms with Gasteiger partial charge in [0.25, 0.3) is 0 Å². The largest absolute Gasteiger partial charge is 0.493 e. The Hall–Kier alpha value is -2.11. The average Bonchev–Trinajstić information content (AvgIpc) is 2.65. The number of methoxy groups -OCH3 is 2. The first-order valence-electron chi connectivity index (χ1n) is 10.3. The number of aromatic nitrogens is 1. The van der Waals surface area contributed by atoms with Crippen molar-refractivity contribution in [3.63, 3.8) is 0 Å². The lowest BCUT2D eigenvalue weighted by atomic mass is 9.79. The first-order valence-corrected chi connectivity index (χ1v) is 10.3. The van der Waals surface area contributed by atoms with E-state index in [2.05, 4.69) is 61.1 Å².